The Kier molecular flexibility index (Phi) is 1.53. The van der Waals surface area contributed by atoms with Gasteiger partial charge in [0.1, 0.15) is 5.38 Å². The number of hydrogen-bond donors (Lipinski definition) is 1. The molecule has 0 spiro atoms. The van der Waals surface area contributed by atoms with Crippen LogP contribution in [0.25, 0.3) is 0 Å². The van der Waals surface area contributed by atoms with Crippen LogP contribution in [0.1, 0.15) is 6.42 Å². The van der Waals surface area contributed by atoms with Gasteiger partial charge in [-0.3, -0.25) is 4.79 Å². The zero-order chi connectivity index (χ0) is 5.98. The monoisotopic (exact) mass is 131 g/mol. The highest BCUT2D eigenvalue weighted by Gasteiger charge is 2.14. The molecule has 1 rings (SSSR count). The molecule has 1 heterocycles. The summed E-state index contributed by atoms with van der Waals surface area (Å²) in [7, 11) is 0. The molecule has 0 saturated carbocycles. The molecule has 0 aromatic rings. The maximum Gasteiger partial charge on any atom is 0.242 e. The molecule has 2 nitrogen and oxygen atoms in total. The second kappa shape index (κ2) is 2.18. The molecule has 0 fully saturated rings. The normalized spacial score (nSPS) is 27.6. The first-order chi connectivity index (χ1) is 3.80. The number of halogens is 1. The molecule has 1 atom stereocenters. The first-order valence-corrected chi connectivity index (χ1v) is 2.84. The fourth-order valence-corrected chi connectivity index (χ4v) is 0.692. The molecule has 0 aromatic heterocycles. The Bertz CT molecular complexity index is 132. The SMILES string of the molecule is O=C1NC=CCC1Cl. The molecule has 3 heteroatoms. The number of amides is 1. The topological polar surface area (TPSA) is 29.1 Å². The summed E-state index contributed by atoms with van der Waals surface area (Å²) in [5, 5.41) is 2.12. The van der Waals surface area contributed by atoms with Crippen LogP contribution in [-0.2, 0) is 4.79 Å². The summed E-state index contributed by atoms with van der Waals surface area (Å²) in [6, 6.07) is 0. The number of hydrogen-bond acceptors (Lipinski definition) is 1. The molecule has 0 aromatic carbocycles. The maximum absolute atomic E-state index is 10.5. The lowest BCUT2D eigenvalue weighted by Gasteiger charge is -2.08. The number of carbonyl (C=O) groups is 1. The van der Waals surface area contributed by atoms with E-state index in [1.54, 1.807) is 6.20 Å². The van der Waals surface area contributed by atoms with Crippen molar-refractivity contribution in [2.75, 3.05) is 0 Å². The quantitative estimate of drug-likeness (QED) is 0.480. The van der Waals surface area contributed by atoms with Crippen molar-refractivity contribution in [2.45, 2.75) is 11.8 Å². The van der Waals surface area contributed by atoms with Crippen LogP contribution in [0.5, 0.6) is 0 Å². The van der Waals surface area contributed by atoms with E-state index in [9.17, 15) is 4.79 Å². The number of rotatable bonds is 0. The van der Waals surface area contributed by atoms with Crippen LogP contribution in [-0.4, -0.2) is 11.3 Å². The van der Waals surface area contributed by atoms with E-state index in [0.717, 1.165) is 0 Å². The lowest BCUT2D eigenvalue weighted by atomic mass is 10.2. The van der Waals surface area contributed by atoms with E-state index in [2.05, 4.69) is 5.32 Å². The number of carbonyl (C=O) groups excluding carboxylic acids is 1. The zero-order valence-electron chi connectivity index (χ0n) is 4.23. The van der Waals surface area contributed by atoms with Crippen LogP contribution >= 0.6 is 11.6 Å². The predicted octanol–water partition coefficient (Wildman–Crippen LogP) is 0.627. The second-order valence-corrected chi connectivity index (χ2v) is 2.14. The van der Waals surface area contributed by atoms with Gasteiger partial charge in [0, 0.05) is 0 Å². The molecule has 1 amide bonds. The Balaban J connectivity index is 2.57. The average molecular weight is 132 g/mol. The van der Waals surface area contributed by atoms with E-state index in [-0.39, 0.29) is 11.3 Å². The zero-order valence-corrected chi connectivity index (χ0v) is 4.98. The third-order valence-electron chi connectivity index (χ3n) is 0.971. The number of nitrogens with one attached hydrogen (secondary N) is 1. The molecule has 44 valence electrons. The highest BCUT2D eigenvalue weighted by Crippen LogP contribution is 2.05. The fourth-order valence-electron chi connectivity index (χ4n) is 0.526. The van der Waals surface area contributed by atoms with Gasteiger partial charge in [-0.25, -0.2) is 0 Å². The van der Waals surface area contributed by atoms with Crippen LogP contribution in [0.3, 0.4) is 0 Å². The molecule has 0 radical (unpaired) electrons. The van der Waals surface area contributed by atoms with Crippen molar-refractivity contribution in [1.82, 2.24) is 5.32 Å². The van der Waals surface area contributed by atoms with Gasteiger partial charge in [-0.1, -0.05) is 6.08 Å². The van der Waals surface area contributed by atoms with Crippen LogP contribution in [0.4, 0.5) is 0 Å². The first-order valence-electron chi connectivity index (χ1n) is 2.40. The molecule has 0 saturated heterocycles. The van der Waals surface area contributed by atoms with Crippen LogP contribution in [0.15, 0.2) is 12.3 Å². The number of alkyl halides is 1. The molecular formula is C5H6ClNO. The van der Waals surface area contributed by atoms with Gasteiger partial charge in [0.15, 0.2) is 0 Å². The van der Waals surface area contributed by atoms with Crippen LogP contribution in [0.2, 0.25) is 0 Å². The summed E-state index contributed by atoms with van der Waals surface area (Å²) in [6.45, 7) is 0. The number of allylic oxidation sites excluding steroid dienone is 1. The minimum Gasteiger partial charge on any atom is -0.332 e. The predicted molar refractivity (Wildman–Crippen MR) is 31.5 cm³/mol. The lowest BCUT2D eigenvalue weighted by molar-refractivity contribution is -0.120. The summed E-state index contributed by atoms with van der Waals surface area (Å²) in [6.07, 6.45) is 4.09. The van der Waals surface area contributed by atoms with Gasteiger partial charge in [-0.05, 0) is 12.6 Å². The van der Waals surface area contributed by atoms with Gasteiger partial charge >= 0.3 is 0 Å². The van der Waals surface area contributed by atoms with Gasteiger partial charge in [-0.2, -0.15) is 0 Å². The van der Waals surface area contributed by atoms with Gasteiger partial charge in [0.2, 0.25) is 5.91 Å². The highest BCUT2D eigenvalue weighted by molar-refractivity contribution is 6.31. The van der Waals surface area contributed by atoms with E-state index in [0.29, 0.717) is 6.42 Å². The molecule has 1 aliphatic heterocycles. The standard InChI is InChI=1S/C5H6ClNO/c6-4-2-1-3-7-5(4)8/h1,3-4H,2H2,(H,7,8). The van der Waals surface area contributed by atoms with E-state index in [4.69, 9.17) is 11.6 Å². The van der Waals surface area contributed by atoms with Gasteiger partial charge < -0.3 is 5.32 Å². The molecule has 8 heavy (non-hydrogen) atoms. The Labute approximate surface area is 52.5 Å². The van der Waals surface area contributed by atoms with Crippen LogP contribution in [0, 0.1) is 0 Å². The third-order valence-corrected chi connectivity index (χ3v) is 1.35. The van der Waals surface area contributed by atoms with E-state index in [1.165, 1.54) is 0 Å². The fraction of sp³-hybridized carbons (Fsp3) is 0.400. The summed E-state index contributed by atoms with van der Waals surface area (Å²) >= 11 is 5.50. The molecule has 0 bridgehead atoms. The van der Waals surface area contributed by atoms with Crippen molar-refractivity contribution >= 4 is 17.5 Å². The second-order valence-electron chi connectivity index (χ2n) is 1.61. The van der Waals surface area contributed by atoms with Crippen LogP contribution < -0.4 is 5.32 Å². The van der Waals surface area contributed by atoms with Crippen molar-refractivity contribution in [3.63, 3.8) is 0 Å². The Morgan fingerprint density at radius 2 is 2.62 bits per heavy atom. The summed E-state index contributed by atoms with van der Waals surface area (Å²) < 4.78 is 0. The van der Waals surface area contributed by atoms with E-state index >= 15 is 0 Å². The summed E-state index contributed by atoms with van der Waals surface area (Å²) in [5.41, 5.74) is 0. The van der Waals surface area contributed by atoms with Crippen molar-refractivity contribution in [3.8, 4) is 0 Å². The van der Waals surface area contributed by atoms with Crippen molar-refractivity contribution in [3.05, 3.63) is 12.3 Å². The van der Waals surface area contributed by atoms with Crippen molar-refractivity contribution in [2.24, 2.45) is 0 Å². The molecule has 0 aliphatic carbocycles. The summed E-state index contributed by atoms with van der Waals surface area (Å²) in [5.74, 6) is -0.103. The minimum atomic E-state index is -0.361. The van der Waals surface area contributed by atoms with Gasteiger partial charge in [0.05, 0.1) is 0 Å². The first kappa shape index (κ1) is 5.63. The van der Waals surface area contributed by atoms with Gasteiger partial charge in [-0.15, -0.1) is 11.6 Å². The van der Waals surface area contributed by atoms with E-state index < -0.39 is 0 Å². The lowest BCUT2D eigenvalue weighted by Crippen LogP contribution is -2.29. The minimum absolute atomic E-state index is 0.103. The Morgan fingerprint density at radius 3 is 3.00 bits per heavy atom. The third kappa shape index (κ3) is 1.01. The molecule has 1 unspecified atom stereocenters. The smallest absolute Gasteiger partial charge is 0.242 e. The van der Waals surface area contributed by atoms with E-state index in [1.807, 2.05) is 6.08 Å². The Morgan fingerprint density at radius 1 is 1.88 bits per heavy atom. The average Bonchev–Trinajstić information content (AvgIpc) is 1.77. The largest absolute Gasteiger partial charge is 0.332 e. The van der Waals surface area contributed by atoms with Gasteiger partial charge in [0.25, 0.3) is 0 Å². The maximum atomic E-state index is 10.5. The Hall–Kier alpha value is -0.500. The highest BCUT2D eigenvalue weighted by atomic mass is 35.5. The van der Waals surface area contributed by atoms with Crippen molar-refractivity contribution in [1.29, 1.82) is 0 Å². The van der Waals surface area contributed by atoms with Crippen molar-refractivity contribution < 1.29 is 4.79 Å². The molecule has 1 aliphatic rings. The molecule has 1 N–H and O–H groups in total. The summed E-state index contributed by atoms with van der Waals surface area (Å²) in [4.78, 5) is 10.5. The molecular weight excluding hydrogens is 126 g/mol.